The lowest BCUT2D eigenvalue weighted by Crippen LogP contribution is -2.45. The number of benzene rings is 1. The highest BCUT2D eigenvalue weighted by atomic mass is 16.7. The zero-order chi connectivity index (χ0) is 19.8. The number of rotatable bonds is 3. The molecule has 1 aromatic heterocycles. The van der Waals surface area contributed by atoms with Gasteiger partial charge in [-0.15, -0.1) is 0 Å². The molecule has 4 rings (SSSR count). The Morgan fingerprint density at radius 1 is 1.00 bits per heavy atom. The van der Waals surface area contributed by atoms with Crippen molar-refractivity contribution in [3.8, 4) is 0 Å². The second-order valence-electron chi connectivity index (χ2n) is 8.71. The molecule has 3 heterocycles. The maximum atomic E-state index is 5.83. The molecular weight excluding hydrogens is 352 g/mol. The van der Waals surface area contributed by atoms with E-state index in [2.05, 4.69) is 65.2 Å². The predicted molar refractivity (Wildman–Crippen MR) is 111 cm³/mol. The third-order valence-corrected chi connectivity index (χ3v) is 5.51. The van der Waals surface area contributed by atoms with Crippen molar-refractivity contribution in [2.75, 3.05) is 36.5 Å². The molecule has 150 valence electrons. The molecule has 2 aliphatic rings. The van der Waals surface area contributed by atoms with Crippen molar-refractivity contribution in [1.82, 2.24) is 9.97 Å². The summed E-state index contributed by atoms with van der Waals surface area (Å²) >= 11 is 0. The molecule has 0 unspecified atom stereocenters. The Kier molecular flexibility index (Phi) is 5.02. The smallest absolute Gasteiger partial charge is 0.171 e. The molecule has 0 bridgehead atoms. The molecule has 2 saturated heterocycles. The molecule has 0 atom stereocenters. The van der Waals surface area contributed by atoms with Crippen LogP contribution in [-0.4, -0.2) is 42.1 Å². The second-order valence-corrected chi connectivity index (χ2v) is 8.71. The Balaban J connectivity index is 1.47. The molecule has 6 nitrogen and oxygen atoms in total. The van der Waals surface area contributed by atoms with E-state index in [-0.39, 0.29) is 11.2 Å². The van der Waals surface area contributed by atoms with E-state index in [0.717, 1.165) is 49.1 Å². The minimum Gasteiger partial charge on any atom is -0.356 e. The van der Waals surface area contributed by atoms with Crippen LogP contribution >= 0.6 is 0 Å². The van der Waals surface area contributed by atoms with E-state index in [0.29, 0.717) is 13.2 Å². The minimum atomic E-state index is -0.367. The third kappa shape index (κ3) is 4.13. The average molecular weight is 383 g/mol. The fourth-order valence-corrected chi connectivity index (χ4v) is 3.84. The first-order valence-electron chi connectivity index (χ1n) is 10.1. The van der Waals surface area contributed by atoms with Crippen LogP contribution in [0.25, 0.3) is 0 Å². The summed E-state index contributed by atoms with van der Waals surface area (Å²) in [4.78, 5) is 11.5. The molecule has 0 amide bonds. The van der Waals surface area contributed by atoms with Gasteiger partial charge in [-0.2, -0.15) is 0 Å². The summed E-state index contributed by atoms with van der Waals surface area (Å²) in [5.41, 5.74) is 2.49. The van der Waals surface area contributed by atoms with E-state index < -0.39 is 0 Å². The van der Waals surface area contributed by atoms with Gasteiger partial charge < -0.3 is 19.7 Å². The largest absolute Gasteiger partial charge is 0.356 e. The Morgan fingerprint density at radius 3 is 2.25 bits per heavy atom. The average Bonchev–Trinajstić information content (AvgIpc) is 3.09. The summed E-state index contributed by atoms with van der Waals surface area (Å²) in [6, 6.07) is 10.6. The van der Waals surface area contributed by atoms with Crippen molar-refractivity contribution in [3.05, 3.63) is 41.7 Å². The Morgan fingerprint density at radius 2 is 1.64 bits per heavy atom. The van der Waals surface area contributed by atoms with E-state index in [1.54, 1.807) is 0 Å². The van der Waals surface area contributed by atoms with Crippen LogP contribution in [0, 0.1) is 6.92 Å². The molecule has 0 aliphatic carbocycles. The van der Waals surface area contributed by atoms with Gasteiger partial charge in [0.2, 0.25) is 0 Å². The first kappa shape index (κ1) is 19.2. The van der Waals surface area contributed by atoms with Gasteiger partial charge in [-0.25, -0.2) is 9.97 Å². The number of aromatic nitrogens is 2. The van der Waals surface area contributed by atoms with Gasteiger partial charge in [0, 0.05) is 37.7 Å². The fraction of sp³-hybridized carbons (Fsp3) is 0.545. The van der Waals surface area contributed by atoms with Crippen LogP contribution in [0.2, 0.25) is 0 Å². The van der Waals surface area contributed by atoms with Crippen molar-refractivity contribution in [1.29, 1.82) is 0 Å². The van der Waals surface area contributed by atoms with Gasteiger partial charge in [0.05, 0.1) is 13.2 Å². The van der Waals surface area contributed by atoms with Crippen LogP contribution < -0.4 is 10.2 Å². The van der Waals surface area contributed by atoms with Crippen molar-refractivity contribution in [3.63, 3.8) is 0 Å². The first-order valence-corrected chi connectivity index (χ1v) is 10.1. The zero-order valence-corrected chi connectivity index (χ0v) is 17.3. The van der Waals surface area contributed by atoms with Crippen molar-refractivity contribution in [2.45, 2.75) is 51.7 Å². The van der Waals surface area contributed by atoms with E-state index in [1.165, 1.54) is 5.56 Å². The van der Waals surface area contributed by atoms with Gasteiger partial charge in [-0.1, -0.05) is 32.9 Å². The Hall–Kier alpha value is -2.18. The molecule has 2 aromatic rings. The highest BCUT2D eigenvalue weighted by Gasteiger charge is 2.40. The number of hydrogen-bond acceptors (Lipinski definition) is 6. The minimum absolute atomic E-state index is 0.148. The van der Waals surface area contributed by atoms with Crippen LogP contribution in [-0.2, 0) is 14.9 Å². The highest BCUT2D eigenvalue weighted by molar-refractivity contribution is 5.60. The Bertz CT molecular complexity index is 813. The van der Waals surface area contributed by atoms with Crippen LogP contribution in [0.3, 0.4) is 0 Å². The topological polar surface area (TPSA) is 59.5 Å². The second kappa shape index (κ2) is 7.33. The van der Waals surface area contributed by atoms with Crippen molar-refractivity contribution < 1.29 is 9.47 Å². The van der Waals surface area contributed by atoms with Crippen LogP contribution in [0.4, 0.5) is 17.3 Å². The molecule has 2 aliphatic heterocycles. The normalized spacial score (nSPS) is 19.2. The van der Waals surface area contributed by atoms with Gasteiger partial charge in [0.1, 0.15) is 17.5 Å². The molecule has 0 saturated carbocycles. The number of anilines is 3. The van der Waals surface area contributed by atoms with Crippen molar-refractivity contribution >= 4 is 17.3 Å². The SMILES string of the molecule is Cc1nc(Nc2ccc(C(C)(C)C)cc2)cc(N2CCC3(CC2)OCCO3)n1. The number of aryl methyl sites for hydroxylation is 1. The highest BCUT2D eigenvalue weighted by Crippen LogP contribution is 2.33. The predicted octanol–water partition coefficient (Wildman–Crippen LogP) is 4.17. The monoisotopic (exact) mass is 382 g/mol. The zero-order valence-electron chi connectivity index (χ0n) is 17.3. The van der Waals surface area contributed by atoms with Gasteiger partial charge in [-0.3, -0.25) is 0 Å². The molecular formula is C22H30N4O2. The summed E-state index contributed by atoms with van der Waals surface area (Å²) in [5, 5.41) is 3.42. The number of piperidine rings is 1. The standard InChI is InChI=1S/C22H30N4O2/c1-16-23-19(25-18-7-5-17(6-8-18)21(2,3)4)15-20(24-16)26-11-9-22(10-12-26)27-13-14-28-22/h5-8,15H,9-14H2,1-4H3,(H,23,24,25). The summed E-state index contributed by atoms with van der Waals surface area (Å²) in [5.74, 6) is 2.17. The van der Waals surface area contributed by atoms with Crippen LogP contribution in [0.5, 0.6) is 0 Å². The summed E-state index contributed by atoms with van der Waals surface area (Å²) < 4.78 is 11.7. The summed E-state index contributed by atoms with van der Waals surface area (Å²) in [6.45, 7) is 11.8. The van der Waals surface area contributed by atoms with Gasteiger partial charge in [-0.05, 0) is 30.0 Å². The number of hydrogen-bond donors (Lipinski definition) is 1. The quantitative estimate of drug-likeness (QED) is 0.860. The molecule has 6 heteroatoms. The maximum absolute atomic E-state index is 5.83. The lowest BCUT2D eigenvalue weighted by atomic mass is 9.87. The Labute approximate surface area is 167 Å². The van der Waals surface area contributed by atoms with E-state index >= 15 is 0 Å². The lowest BCUT2D eigenvalue weighted by Gasteiger charge is -2.38. The number of nitrogens with zero attached hydrogens (tertiary/aromatic N) is 3. The van der Waals surface area contributed by atoms with Gasteiger partial charge in [0.25, 0.3) is 0 Å². The molecule has 2 fully saturated rings. The van der Waals surface area contributed by atoms with E-state index in [4.69, 9.17) is 9.47 Å². The molecule has 1 N–H and O–H groups in total. The molecule has 1 aromatic carbocycles. The summed E-state index contributed by atoms with van der Waals surface area (Å²) in [6.07, 6.45) is 1.74. The third-order valence-electron chi connectivity index (χ3n) is 5.51. The maximum Gasteiger partial charge on any atom is 0.171 e. The molecule has 28 heavy (non-hydrogen) atoms. The fourth-order valence-electron chi connectivity index (χ4n) is 3.84. The van der Waals surface area contributed by atoms with Gasteiger partial charge in [0.15, 0.2) is 5.79 Å². The lowest BCUT2D eigenvalue weighted by molar-refractivity contribution is -0.169. The molecule has 0 radical (unpaired) electrons. The van der Waals surface area contributed by atoms with Crippen molar-refractivity contribution in [2.24, 2.45) is 0 Å². The summed E-state index contributed by atoms with van der Waals surface area (Å²) in [7, 11) is 0. The molecule has 1 spiro atoms. The number of nitrogens with one attached hydrogen (secondary N) is 1. The van der Waals surface area contributed by atoms with E-state index in [9.17, 15) is 0 Å². The van der Waals surface area contributed by atoms with E-state index in [1.807, 2.05) is 13.0 Å². The number of ether oxygens (including phenoxy) is 2. The van der Waals surface area contributed by atoms with Gasteiger partial charge >= 0.3 is 0 Å². The van der Waals surface area contributed by atoms with Crippen LogP contribution in [0.1, 0.15) is 45.0 Å². The van der Waals surface area contributed by atoms with Crippen LogP contribution in [0.15, 0.2) is 30.3 Å². The first-order chi connectivity index (χ1) is 13.3.